The van der Waals surface area contributed by atoms with Gasteiger partial charge >= 0.3 is 0 Å². The fraction of sp³-hybridized carbons (Fsp3) is 0.500. The van der Waals surface area contributed by atoms with E-state index in [1.165, 1.54) is 0 Å². The Balaban J connectivity index is 2.02. The lowest BCUT2D eigenvalue weighted by molar-refractivity contribution is 0.0949. The molecule has 1 aromatic rings. The van der Waals surface area contributed by atoms with Gasteiger partial charge < -0.3 is 19.9 Å². The molecule has 0 bridgehead atoms. The molecule has 2 N–H and O–H groups in total. The van der Waals surface area contributed by atoms with E-state index in [-0.39, 0.29) is 5.78 Å². The van der Waals surface area contributed by atoms with E-state index in [4.69, 9.17) is 19.9 Å². The molecule has 0 amide bonds. The first-order valence-corrected chi connectivity index (χ1v) is 6.40. The third-order valence-electron chi connectivity index (χ3n) is 3.03. The minimum atomic E-state index is -0.502. The van der Waals surface area contributed by atoms with Crippen molar-refractivity contribution in [2.24, 2.45) is 5.73 Å². The number of ketones is 1. The first kappa shape index (κ1) is 13.8. The lowest BCUT2D eigenvalue weighted by Gasteiger charge is -2.19. The van der Waals surface area contributed by atoms with Gasteiger partial charge in [0.1, 0.15) is 13.2 Å². The van der Waals surface area contributed by atoms with Crippen molar-refractivity contribution in [3.63, 3.8) is 0 Å². The minimum absolute atomic E-state index is 0.0759. The first-order valence-electron chi connectivity index (χ1n) is 6.40. The first-order chi connectivity index (χ1) is 9.22. The third kappa shape index (κ3) is 3.45. The topological polar surface area (TPSA) is 70.8 Å². The number of methoxy groups -OCH3 is 1. The van der Waals surface area contributed by atoms with Crippen molar-refractivity contribution >= 4 is 5.78 Å². The van der Waals surface area contributed by atoms with Crippen LogP contribution >= 0.6 is 0 Å². The molecule has 0 spiro atoms. The van der Waals surface area contributed by atoms with Gasteiger partial charge in [0, 0.05) is 19.3 Å². The Morgan fingerprint density at radius 1 is 1.37 bits per heavy atom. The molecule has 0 radical (unpaired) electrons. The van der Waals surface area contributed by atoms with Crippen molar-refractivity contribution in [3.8, 4) is 11.5 Å². The highest BCUT2D eigenvalue weighted by atomic mass is 16.6. The second kappa shape index (κ2) is 6.54. The quantitative estimate of drug-likeness (QED) is 0.621. The summed E-state index contributed by atoms with van der Waals surface area (Å²) in [5.41, 5.74) is 6.45. The van der Waals surface area contributed by atoms with Gasteiger partial charge in [-0.05, 0) is 31.0 Å². The maximum atomic E-state index is 12.2. The molecule has 1 heterocycles. The van der Waals surface area contributed by atoms with Crippen molar-refractivity contribution in [1.82, 2.24) is 0 Å². The molecular weight excluding hydrogens is 246 g/mol. The van der Waals surface area contributed by atoms with Crippen LogP contribution in [0.25, 0.3) is 0 Å². The van der Waals surface area contributed by atoms with Crippen molar-refractivity contribution in [2.75, 3.05) is 26.9 Å². The summed E-state index contributed by atoms with van der Waals surface area (Å²) in [6.45, 7) is 1.66. The van der Waals surface area contributed by atoms with Crippen LogP contribution in [0.3, 0.4) is 0 Å². The number of benzene rings is 1. The Hall–Kier alpha value is -1.59. The average molecular weight is 265 g/mol. The number of carbonyl (C=O) groups excluding carboxylic acids is 1. The second-order valence-electron chi connectivity index (χ2n) is 4.46. The van der Waals surface area contributed by atoms with E-state index in [0.717, 1.165) is 6.42 Å². The Labute approximate surface area is 112 Å². The number of ether oxygens (including phenoxy) is 3. The van der Waals surface area contributed by atoms with E-state index in [1.807, 2.05) is 0 Å². The lowest BCUT2D eigenvalue weighted by atomic mass is 10.0. The van der Waals surface area contributed by atoms with Gasteiger partial charge in [-0.3, -0.25) is 4.79 Å². The van der Waals surface area contributed by atoms with Gasteiger partial charge in [0.25, 0.3) is 0 Å². The zero-order chi connectivity index (χ0) is 13.7. The molecular formula is C14H19NO4. The van der Waals surface area contributed by atoms with Gasteiger partial charge in [0.15, 0.2) is 17.3 Å². The SMILES string of the molecule is COCCCC(N)C(=O)c1ccc2c(c1)OCCO2. The molecule has 1 atom stereocenters. The van der Waals surface area contributed by atoms with E-state index >= 15 is 0 Å². The third-order valence-corrected chi connectivity index (χ3v) is 3.03. The second-order valence-corrected chi connectivity index (χ2v) is 4.46. The minimum Gasteiger partial charge on any atom is -0.486 e. The van der Waals surface area contributed by atoms with Crippen LogP contribution < -0.4 is 15.2 Å². The highest BCUT2D eigenvalue weighted by Gasteiger charge is 2.19. The van der Waals surface area contributed by atoms with Crippen LogP contribution in [-0.2, 0) is 4.74 Å². The normalized spacial score (nSPS) is 15.1. The van der Waals surface area contributed by atoms with Gasteiger partial charge in [0.05, 0.1) is 6.04 Å². The molecule has 5 heteroatoms. The monoisotopic (exact) mass is 265 g/mol. The molecule has 0 saturated heterocycles. The van der Waals surface area contributed by atoms with Crippen LogP contribution in [0.2, 0.25) is 0 Å². The number of hydrogen-bond donors (Lipinski definition) is 1. The Kier molecular flexibility index (Phi) is 4.76. The van der Waals surface area contributed by atoms with Crippen molar-refractivity contribution in [1.29, 1.82) is 0 Å². The molecule has 1 aromatic carbocycles. The van der Waals surface area contributed by atoms with Crippen LogP contribution in [0.15, 0.2) is 18.2 Å². The number of hydrogen-bond acceptors (Lipinski definition) is 5. The number of carbonyl (C=O) groups is 1. The average Bonchev–Trinajstić information content (AvgIpc) is 2.46. The smallest absolute Gasteiger partial charge is 0.179 e. The number of fused-ring (bicyclic) bond motifs is 1. The van der Waals surface area contributed by atoms with E-state index in [1.54, 1.807) is 25.3 Å². The zero-order valence-electron chi connectivity index (χ0n) is 11.1. The van der Waals surface area contributed by atoms with Gasteiger partial charge in [-0.25, -0.2) is 0 Å². The number of nitrogens with two attached hydrogens (primary N) is 1. The Morgan fingerprint density at radius 3 is 2.84 bits per heavy atom. The summed E-state index contributed by atoms with van der Waals surface area (Å²) in [7, 11) is 1.63. The molecule has 19 heavy (non-hydrogen) atoms. The Morgan fingerprint density at radius 2 is 2.11 bits per heavy atom. The van der Waals surface area contributed by atoms with Crippen molar-refractivity contribution in [3.05, 3.63) is 23.8 Å². The van der Waals surface area contributed by atoms with E-state index in [0.29, 0.717) is 43.3 Å². The molecule has 104 valence electrons. The molecule has 1 aliphatic rings. The van der Waals surface area contributed by atoms with Gasteiger partial charge in [-0.1, -0.05) is 0 Å². The standard InChI is InChI=1S/C14H19NO4/c1-17-6-2-3-11(15)14(16)10-4-5-12-13(9-10)19-8-7-18-12/h4-5,9,11H,2-3,6-8,15H2,1H3. The fourth-order valence-corrected chi connectivity index (χ4v) is 1.99. The summed E-state index contributed by atoms with van der Waals surface area (Å²) in [5.74, 6) is 1.21. The van der Waals surface area contributed by atoms with E-state index < -0.39 is 6.04 Å². The predicted molar refractivity (Wildman–Crippen MR) is 70.8 cm³/mol. The van der Waals surface area contributed by atoms with Crippen LogP contribution in [0.1, 0.15) is 23.2 Å². The summed E-state index contributed by atoms with van der Waals surface area (Å²) < 4.78 is 15.8. The van der Waals surface area contributed by atoms with Crippen LogP contribution in [0.5, 0.6) is 11.5 Å². The molecule has 1 aliphatic heterocycles. The summed E-state index contributed by atoms with van der Waals surface area (Å²) in [6.07, 6.45) is 1.38. The van der Waals surface area contributed by atoms with Gasteiger partial charge in [-0.15, -0.1) is 0 Å². The fourth-order valence-electron chi connectivity index (χ4n) is 1.99. The van der Waals surface area contributed by atoms with Crippen molar-refractivity contribution in [2.45, 2.75) is 18.9 Å². The lowest BCUT2D eigenvalue weighted by Crippen LogP contribution is -2.31. The molecule has 0 saturated carbocycles. The maximum Gasteiger partial charge on any atom is 0.179 e. The summed E-state index contributed by atoms with van der Waals surface area (Å²) >= 11 is 0. The largest absolute Gasteiger partial charge is 0.486 e. The summed E-state index contributed by atoms with van der Waals surface area (Å²) in [4.78, 5) is 12.2. The molecule has 1 unspecified atom stereocenters. The Bertz CT molecular complexity index is 447. The molecule has 2 rings (SSSR count). The highest BCUT2D eigenvalue weighted by Crippen LogP contribution is 2.31. The number of rotatable bonds is 6. The molecule has 5 nitrogen and oxygen atoms in total. The summed E-state index contributed by atoms with van der Waals surface area (Å²) in [5, 5.41) is 0. The van der Waals surface area contributed by atoms with Crippen LogP contribution in [-0.4, -0.2) is 38.8 Å². The summed E-state index contributed by atoms with van der Waals surface area (Å²) in [6, 6.07) is 4.68. The molecule has 0 aromatic heterocycles. The van der Waals surface area contributed by atoms with Crippen molar-refractivity contribution < 1.29 is 19.0 Å². The van der Waals surface area contributed by atoms with Gasteiger partial charge in [0.2, 0.25) is 0 Å². The zero-order valence-corrected chi connectivity index (χ0v) is 11.1. The van der Waals surface area contributed by atoms with Crippen LogP contribution in [0.4, 0.5) is 0 Å². The van der Waals surface area contributed by atoms with Gasteiger partial charge in [-0.2, -0.15) is 0 Å². The maximum absolute atomic E-state index is 12.2. The predicted octanol–water partition coefficient (Wildman–Crippen LogP) is 1.39. The molecule has 0 fully saturated rings. The molecule has 0 aliphatic carbocycles. The van der Waals surface area contributed by atoms with E-state index in [2.05, 4.69) is 0 Å². The van der Waals surface area contributed by atoms with Crippen LogP contribution in [0, 0.1) is 0 Å². The highest BCUT2D eigenvalue weighted by molar-refractivity contribution is 6.00. The van der Waals surface area contributed by atoms with E-state index in [9.17, 15) is 4.79 Å². The number of Topliss-reactive ketones (excluding diaryl/α,β-unsaturated/α-hetero) is 1.